The van der Waals surface area contributed by atoms with Crippen molar-refractivity contribution in [2.75, 3.05) is 30.4 Å². The maximum atomic E-state index is 12.8. The predicted molar refractivity (Wildman–Crippen MR) is 111 cm³/mol. The molecule has 1 saturated heterocycles. The topological polar surface area (TPSA) is 104 Å². The highest BCUT2D eigenvalue weighted by Crippen LogP contribution is 2.26. The van der Waals surface area contributed by atoms with Crippen LogP contribution in [0.5, 0.6) is 5.75 Å². The number of hydrogen-bond donors (Lipinski definition) is 1. The molecular weight excluding hydrogens is 382 g/mol. The van der Waals surface area contributed by atoms with E-state index in [9.17, 15) is 10.1 Å². The lowest BCUT2D eigenvalue weighted by atomic mass is 9.97. The van der Waals surface area contributed by atoms with Crippen molar-refractivity contribution in [3.8, 4) is 23.2 Å². The summed E-state index contributed by atoms with van der Waals surface area (Å²) in [6.45, 7) is 1.22. The number of anilines is 2. The molecule has 2 heterocycles. The first kappa shape index (κ1) is 19.5. The van der Waals surface area contributed by atoms with Crippen LogP contribution in [0, 0.1) is 17.2 Å². The molecule has 2 aromatic carbocycles. The van der Waals surface area contributed by atoms with E-state index in [2.05, 4.69) is 21.5 Å². The third kappa shape index (κ3) is 4.10. The monoisotopic (exact) mass is 403 g/mol. The average Bonchev–Trinajstić information content (AvgIpc) is 3.30. The van der Waals surface area contributed by atoms with Gasteiger partial charge in [0, 0.05) is 18.7 Å². The van der Waals surface area contributed by atoms with E-state index in [0.29, 0.717) is 29.6 Å². The van der Waals surface area contributed by atoms with Crippen LogP contribution in [0.2, 0.25) is 0 Å². The maximum absolute atomic E-state index is 12.8. The summed E-state index contributed by atoms with van der Waals surface area (Å²) in [6.07, 6.45) is 1.59. The minimum atomic E-state index is -0.234. The molecule has 0 saturated carbocycles. The maximum Gasteiger partial charge on any atom is 0.324 e. The number of nitrogens with one attached hydrogen (secondary N) is 1. The first-order chi connectivity index (χ1) is 14.7. The van der Waals surface area contributed by atoms with E-state index in [4.69, 9.17) is 9.26 Å². The van der Waals surface area contributed by atoms with Crippen LogP contribution in [0.15, 0.2) is 53.1 Å². The van der Waals surface area contributed by atoms with Gasteiger partial charge in [0.05, 0.1) is 24.3 Å². The van der Waals surface area contributed by atoms with Crippen molar-refractivity contribution >= 4 is 17.6 Å². The van der Waals surface area contributed by atoms with Gasteiger partial charge >= 0.3 is 6.01 Å². The van der Waals surface area contributed by atoms with Gasteiger partial charge in [-0.3, -0.25) is 4.79 Å². The fourth-order valence-electron chi connectivity index (χ4n) is 3.49. The number of rotatable bonds is 5. The fourth-order valence-corrected chi connectivity index (χ4v) is 3.49. The second-order valence-corrected chi connectivity index (χ2v) is 7.06. The molecule has 3 aromatic rings. The minimum Gasteiger partial charge on any atom is -0.497 e. The molecule has 1 amide bonds. The van der Waals surface area contributed by atoms with Crippen LogP contribution in [0.3, 0.4) is 0 Å². The van der Waals surface area contributed by atoms with Crippen molar-refractivity contribution in [1.82, 2.24) is 10.1 Å². The lowest BCUT2D eigenvalue weighted by molar-refractivity contribution is -0.120. The predicted octanol–water partition coefficient (Wildman–Crippen LogP) is 3.47. The lowest BCUT2D eigenvalue weighted by Gasteiger charge is -2.30. The molecule has 1 aliphatic rings. The van der Waals surface area contributed by atoms with Gasteiger partial charge in [-0.2, -0.15) is 10.2 Å². The quantitative estimate of drug-likeness (QED) is 0.695. The van der Waals surface area contributed by atoms with Gasteiger partial charge in [0.25, 0.3) is 0 Å². The summed E-state index contributed by atoms with van der Waals surface area (Å²) in [5.41, 5.74) is 1.80. The van der Waals surface area contributed by atoms with Crippen molar-refractivity contribution in [3.63, 3.8) is 0 Å². The Kier molecular flexibility index (Phi) is 5.61. The van der Waals surface area contributed by atoms with Gasteiger partial charge in [-0.1, -0.05) is 17.3 Å². The van der Waals surface area contributed by atoms with Crippen molar-refractivity contribution in [1.29, 1.82) is 5.26 Å². The number of amides is 1. The molecule has 8 heteroatoms. The highest BCUT2D eigenvalue weighted by molar-refractivity contribution is 5.94. The van der Waals surface area contributed by atoms with Crippen LogP contribution < -0.4 is 15.0 Å². The van der Waals surface area contributed by atoms with Gasteiger partial charge in [0.1, 0.15) is 11.8 Å². The zero-order chi connectivity index (χ0) is 20.9. The first-order valence-electron chi connectivity index (χ1n) is 9.71. The number of nitriles is 1. The fraction of sp³-hybridized carbons (Fsp3) is 0.273. The van der Waals surface area contributed by atoms with Gasteiger partial charge in [0.2, 0.25) is 11.7 Å². The van der Waals surface area contributed by atoms with E-state index in [1.54, 1.807) is 31.4 Å². The van der Waals surface area contributed by atoms with Crippen molar-refractivity contribution in [3.05, 3.63) is 54.1 Å². The van der Waals surface area contributed by atoms with E-state index >= 15 is 0 Å². The number of para-hydroxylation sites is 1. The molecule has 1 fully saturated rings. The number of benzene rings is 2. The molecule has 0 bridgehead atoms. The molecule has 1 aromatic heterocycles. The van der Waals surface area contributed by atoms with Crippen molar-refractivity contribution in [2.24, 2.45) is 5.92 Å². The Hall–Kier alpha value is -3.86. The summed E-state index contributed by atoms with van der Waals surface area (Å²) in [5, 5.41) is 16.2. The number of hydrogen-bond acceptors (Lipinski definition) is 7. The van der Waals surface area contributed by atoms with Gasteiger partial charge in [-0.15, -0.1) is 0 Å². The number of nitrogens with zero attached hydrogens (tertiary/aromatic N) is 4. The Labute approximate surface area is 174 Å². The third-order valence-electron chi connectivity index (χ3n) is 5.13. The standard InChI is InChI=1S/C22H21N5O3/c1-29-18-10-8-15(9-11-18)20-25-22(30-26-20)27-12-4-6-17(14-27)21(28)24-19-7-3-2-5-16(19)13-23/h2-3,5,7-11,17H,4,6,12,14H2,1H3,(H,24,28). The molecule has 1 N–H and O–H groups in total. The number of carbonyl (C=O) groups excluding carboxylic acids is 1. The van der Waals surface area contributed by atoms with Crippen LogP contribution in [-0.2, 0) is 4.79 Å². The second kappa shape index (κ2) is 8.66. The van der Waals surface area contributed by atoms with Gasteiger partial charge < -0.3 is 19.5 Å². The first-order valence-corrected chi connectivity index (χ1v) is 9.71. The lowest BCUT2D eigenvalue weighted by Crippen LogP contribution is -2.41. The molecule has 30 heavy (non-hydrogen) atoms. The van der Waals surface area contributed by atoms with E-state index < -0.39 is 0 Å². The summed E-state index contributed by atoms with van der Waals surface area (Å²) in [6, 6.07) is 16.9. The van der Waals surface area contributed by atoms with E-state index in [-0.39, 0.29) is 11.8 Å². The van der Waals surface area contributed by atoms with Crippen molar-refractivity contribution in [2.45, 2.75) is 12.8 Å². The molecule has 8 nitrogen and oxygen atoms in total. The molecule has 4 rings (SSSR count). The van der Waals surface area contributed by atoms with Gasteiger partial charge in [0.15, 0.2) is 0 Å². The Bertz CT molecular complexity index is 1070. The SMILES string of the molecule is COc1ccc(-c2noc(N3CCCC(C(=O)Nc4ccccc4C#N)C3)n2)cc1. The number of aromatic nitrogens is 2. The van der Waals surface area contributed by atoms with Crippen LogP contribution in [-0.4, -0.2) is 36.2 Å². The Balaban J connectivity index is 1.44. The molecule has 1 atom stereocenters. The van der Waals surface area contributed by atoms with E-state index in [1.807, 2.05) is 29.2 Å². The van der Waals surface area contributed by atoms with Crippen LogP contribution in [0.25, 0.3) is 11.4 Å². The normalized spacial score (nSPS) is 16.0. The Morgan fingerprint density at radius 1 is 1.27 bits per heavy atom. The molecule has 0 radical (unpaired) electrons. The summed E-state index contributed by atoms with van der Waals surface area (Å²) in [4.78, 5) is 19.2. The smallest absolute Gasteiger partial charge is 0.324 e. The molecule has 0 spiro atoms. The number of ether oxygens (including phenoxy) is 1. The van der Waals surface area contributed by atoms with Crippen LogP contribution >= 0.6 is 0 Å². The highest BCUT2D eigenvalue weighted by atomic mass is 16.5. The third-order valence-corrected chi connectivity index (χ3v) is 5.13. The zero-order valence-electron chi connectivity index (χ0n) is 16.5. The van der Waals surface area contributed by atoms with Gasteiger partial charge in [-0.25, -0.2) is 0 Å². The minimum absolute atomic E-state index is 0.114. The molecule has 1 aliphatic heterocycles. The van der Waals surface area contributed by atoms with Crippen LogP contribution in [0.4, 0.5) is 11.7 Å². The van der Waals surface area contributed by atoms with E-state index in [1.165, 1.54) is 0 Å². The van der Waals surface area contributed by atoms with Crippen molar-refractivity contribution < 1.29 is 14.1 Å². The van der Waals surface area contributed by atoms with E-state index in [0.717, 1.165) is 30.7 Å². The van der Waals surface area contributed by atoms with Gasteiger partial charge in [-0.05, 0) is 49.2 Å². The average molecular weight is 403 g/mol. The zero-order valence-corrected chi connectivity index (χ0v) is 16.5. The summed E-state index contributed by atoms with van der Waals surface area (Å²) < 4.78 is 10.6. The largest absolute Gasteiger partial charge is 0.497 e. The molecule has 1 unspecified atom stereocenters. The Morgan fingerprint density at radius 2 is 2.07 bits per heavy atom. The summed E-state index contributed by atoms with van der Waals surface area (Å²) in [5.74, 6) is 0.895. The summed E-state index contributed by atoms with van der Waals surface area (Å²) >= 11 is 0. The number of piperidine rings is 1. The van der Waals surface area contributed by atoms with Crippen LogP contribution in [0.1, 0.15) is 18.4 Å². The Morgan fingerprint density at radius 3 is 2.83 bits per heavy atom. The summed E-state index contributed by atoms with van der Waals surface area (Å²) in [7, 11) is 1.61. The number of carbonyl (C=O) groups is 1. The number of methoxy groups -OCH3 is 1. The molecule has 0 aliphatic carbocycles. The molecular formula is C22H21N5O3. The highest BCUT2D eigenvalue weighted by Gasteiger charge is 2.29. The molecule has 152 valence electrons. The second-order valence-electron chi connectivity index (χ2n) is 7.06.